The first-order valence-corrected chi connectivity index (χ1v) is 9.22. The Morgan fingerprint density at radius 3 is 2.45 bits per heavy atom. The van der Waals surface area contributed by atoms with E-state index in [4.69, 9.17) is 14.2 Å². The van der Waals surface area contributed by atoms with Crippen LogP contribution in [-0.4, -0.2) is 37.6 Å². The third-order valence-electron chi connectivity index (χ3n) is 5.03. The highest BCUT2D eigenvalue weighted by molar-refractivity contribution is 6.01. The van der Waals surface area contributed by atoms with Crippen molar-refractivity contribution in [2.75, 3.05) is 19.9 Å². The number of benzene rings is 2. The Hall–Kier alpha value is -3.35. The van der Waals surface area contributed by atoms with E-state index < -0.39 is 11.9 Å². The number of Topliss-reactive ketones (excluding diaryl/α,β-unsaturated/α-hetero) is 1. The standard InChI is InChI=1S/C22H23NO6/c1-12-7-13(2)21(15(4)14(12)3)17(24)10-27-20(25)9-23-22(26)16-5-6-18-19(8-16)29-11-28-18/h5-8H,9-11H2,1-4H3,(H,23,26). The number of nitrogens with one attached hydrogen (secondary N) is 1. The molecular formula is C22H23NO6. The summed E-state index contributed by atoms with van der Waals surface area (Å²) in [5, 5.41) is 2.47. The number of rotatable bonds is 6. The third-order valence-corrected chi connectivity index (χ3v) is 5.03. The van der Waals surface area contributed by atoms with Crippen molar-refractivity contribution in [3.63, 3.8) is 0 Å². The minimum atomic E-state index is -0.688. The first-order valence-electron chi connectivity index (χ1n) is 9.22. The Kier molecular flexibility index (Phi) is 5.87. The average Bonchev–Trinajstić information content (AvgIpc) is 3.16. The van der Waals surface area contributed by atoms with Gasteiger partial charge in [-0.25, -0.2) is 0 Å². The molecule has 0 atom stereocenters. The maximum absolute atomic E-state index is 12.5. The number of esters is 1. The van der Waals surface area contributed by atoms with E-state index in [0.29, 0.717) is 22.6 Å². The summed E-state index contributed by atoms with van der Waals surface area (Å²) < 4.78 is 15.5. The second-order valence-electron chi connectivity index (χ2n) is 6.97. The Labute approximate surface area is 169 Å². The van der Waals surface area contributed by atoms with Crippen LogP contribution in [0.4, 0.5) is 0 Å². The molecule has 1 heterocycles. The van der Waals surface area contributed by atoms with Gasteiger partial charge in [-0.15, -0.1) is 0 Å². The molecule has 0 radical (unpaired) electrons. The zero-order valence-corrected chi connectivity index (χ0v) is 16.9. The minimum absolute atomic E-state index is 0.111. The van der Waals surface area contributed by atoms with Crippen LogP contribution < -0.4 is 14.8 Å². The number of amides is 1. The largest absolute Gasteiger partial charge is 0.456 e. The lowest BCUT2D eigenvalue weighted by molar-refractivity contribution is -0.141. The second-order valence-corrected chi connectivity index (χ2v) is 6.97. The van der Waals surface area contributed by atoms with Crippen LogP contribution in [0.1, 0.15) is 43.0 Å². The van der Waals surface area contributed by atoms with Crippen molar-refractivity contribution in [3.8, 4) is 11.5 Å². The van der Waals surface area contributed by atoms with Crippen LogP contribution >= 0.6 is 0 Å². The SMILES string of the molecule is Cc1cc(C)c(C(=O)COC(=O)CNC(=O)c2ccc3c(c2)OCO3)c(C)c1C. The van der Waals surface area contributed by atoms with Gasteiger partial charge in [-0.3, -0.25) is 14.4 Å². The van der Waals surface area contributed by atoms with E-state index >= 15 is 0 Å². The maximum Gasteiger partial charge on any atom is 0.325 e. The Bertz CT molecular complexity index is 995. The molecule has 0 saturated carbocycles. The van der Waals surface area contributed by atoms with Gasteiger partial charge in [0.25, 0.3) is 5.91 Å². The van der Waals surface area contributed by atoms with Crippen LogP contribution in [0.25, 0.3) is 0 Å². The molecule has 2 aromatic rings. The molecule has 0 aliphatic carbocycles. The van der Waals surface area contributed by atoms with E-state index in [1.54, 1.807) is 12.1 Å². The van der Waals surface area contributed by atoms with Crippen LogP contribution in [0.15, 0.2) is 24.3 Å². The molecule has 1 N–H and O–H groups in total. The van der Waals surface area contributed by atoms with Crippen LogP contribution in [-0.2, 0) is 9.53 Å². The molecule has 152 valence electrons. The summed E-state index contributed by atoms with van der Waals surface area (Å²) in [6, 6.07) is 6.69. The molecule has 7 heteroatoms. The first kappa shape index (κ1) is 20.4. The highest BCUT2D eigenvalue weighted by Crippen LogP contribution is 2.32. The van der Waals surface area contributed by atoms with Crippen molar-refractivity contribution in [1.29, 1.82) is 0 Å². The summed E-state index contributed by atoms with van der Waals surface area (Å²) in [4.78, 5) is 36.7. The Balaban J connectivity index is 1.53. The quantitative estimate of drug-likeness (QED) is 0.595. The average molecular weight is 397 g/mol. The van der Waals surface area contributed by atoms with E-state index in [2.05, 4.69) is 5.32 Å². The van der Waals surface area contributed by atoms with E-state index in [9.17, 15) is 14.4 Å². The van der Waals surface area contributed by atoms with Gasteiger partial charge in [0.2, 0.25) is 12.6 Å². The van der Waals surface area contributed by atoms with Gasteiger partial charge >= 0.3 is 5.97 Å². The lowest BCUT2D eigenvalue weighted by atomic mass is 9.92. The van der Waals surface area contributed by atoms with Crippen molar-refractivity contribution in [2.45, 2.75) is 27.7 Å². The fraction of sp³-hybridized carbons (Fsp3) is 0.318. The lowest BCUT2D eigenvalue weighted by Gasteiger charge is -2.14. The molecule has 0 bridgehead atoms. The maximum atomic E-state index is 12.5. The molecule has 0 unspecified atom stereocenters. The molecular weight excluding hydrogens is 374 g/mol. The van der Waals surface area contributed by atoms with Gasteiger partial charge in [0.15, 0.2) is 18.1 Å². The number of hydrogen-bond donors (Lipinski definition) is 1. The zero-order chi connectivity index (χ0) is 21.1. The topological polar surface area (TPSA) is 90.9 Å². The van der Waals surface area contributed by atoms with Crippen LogP contribution in [0, 0.1) is 27.7 Å². The molecule has 0 saturated heterocycles. The summed E-state index contributed by atoms with van der Waals surface area (Å²) in [5.74, 6) is -0.362. The molecule has 0 fully saturated rings. The Morgan fingerprint density at radius 2 is 1.69 bits per heavy atom. The summed E-state index contributed by atoms with van der Waals surface area (Å²) in [6.07, 6.45) is 0. The van der Waals surface area contributed by atoms with Gasteiger partial charge < -0.3 is 19.5 Å². The number of ketones is 1. The number of aryl methyl sites for hydroxylation is 2. The summed E-state index contributed by atoms with van der Waals surface area (Å²) in [5.41, 5.74) is 4.80. The van der Waals surface area contributed by atoms with Crippen molar-refractivity contribution < 1.29 is 28.6 Å². The zero-order valence-electron chi connectivity index (χ0n) is 16.9. The van der Waals surface area contributed by atoms with Crippen molar-refractivity contribution in [2.24, 2.45) is 0 Å². The lowest BCUT2D eigenvalue weighted by Crippen LogP contribution is -2.31. The fourth-order valence-electron chi connectivity index (χ4n) is 3.27. The molecule has 3 rings (SSSR count). The van der Waals surface area contributed by atoms with E-state index in [-0.39, 0.29) is 25.7 Å². The number of ether oxygens (including phenoxy) is 3. The number of hydrogen-bond acceptors (Lipinski definition) is 6. The fourth-order valence-corrected chi connectivity index (χ4v) is 3.27. The third kappa shape index (κ3) is 4.39. The van der Waals surface area contributed by atoms with Gasteiger partial charge in [-0.05, 0) is 68.1 Å². The molecule has 29 heavy (non-hydrogen) atoms. The predicted molar refractivity (Wildman–Crippen MR) is 106 cm³/mol. The normalized spacial score (nSPS) is 11.9. The number of carbonyl (C=O) groups excluding carboxylic acids is 3. The summed E-state index contributed by atoms with van der Waals surface area (Å²) in [7, 11) is 0. The Morgan fingerprint density at radius 1 is 0.966 bits per heavy atom. The number of carbonyl (C=O) groups is 3. The van der Waals surface area contributed by atoms with Gasteiger partial charge in [-0.2, -0.15) is 0 Å². The molecule has 0 aromatic heterocycles. The van der Waals surface area contributed by atoms with Gasteiger partial charge in [-0.1, -0.05) is 6.07 Å². The highest BCUT2D eigenvalue weighted by Gasteiger charge is 2.19. The van der Waals surface area contributed by atoms with E-state index in [0.717, 1.165) is 22.3 Å². The van der Waals surface area contributed by atoms with Crippen molar-refractivity contribution in [3.05, 3.63) is 57.6 Å². The van der Waals surface area contributed by atoms with Gasteiger partial charge in [0.1, 0.15) is 6.54 Å². The summed E-state index contributed by atoms with van der Waals surface area (Å²) >= 11 is 0. The second kappa shape index (κ2) is 8.34. The number of fused-ring (bicyclic) bond motifs is 1. The molecule has 7 nitrogen and oxygen atoms in total. The van der Waals surface area contributed by atoms with E-state index in [1.807, 2.05) is 33.8 Å². The van der Waals surface area contributed by atoms with Gasteiger partial charge in [0, 0.05) is 11.1 Å². The van der Waals surface area contributed by atoms with Crippen molar-refractivity contribution >= 4 is 17.7 Å². The van der Waals surface area contributed by atoms with Gasteiger partial charge in [0.05, 0.1) is 0 Å². The van der Waals surface area contributed by atoms with Crippen molar-refractivity contribution in [1.82, 2.24) is 5.32 Å². The van der Waals surface area contributed by atoms with E-state index in [1.165, 1.54) is 6.07 Å². The van der Waals surface area contributed by atoms with Crippen LogP contribution in [0.2, 0.25) is 0 Å². The van der Waals surface area contributed by atoms with Crippen LogP contribution in [0.5, 0.6) is 11.5 Å². The first-order chi connectivity index (χ1) is 13.8. The molecule has 1 amide bonds. The monoisotopic (exact) mass is 397 g/mol. The predicted octanol–water partition coefficient (Wildman–Crippen LogP) is 2.80. The van der Waals surface area contributed by atoms with Crippen LogP contribution in [0.3, 0.4) is 0 Å². The highest BCUT2D eigenvalue weighted by atomic mass is 16.7. The molecule has 1 aliphatic rings. The smallest absolute Gasteiger partial charge is 0.325 e. The molecule has 2 aromatic carbocycles. The molecule has 0 spiro atoms. The minimum Gasteiger partial charge on any atom is -0.456 e. The molecule has 1 aliphatic heterocycles. The summed E-state index contributed by atoms with van der Waals surface area (Å²) in [6.45, 7) is 7.09.